The second-order valence-electron chi connectivity index (χ2n) is 10.4. The van der Waals surface area contributed by atoms with Gasteiger partial charge < -0.3 is 5.32 Å². The molecule has 0 spiro atoms. The molecule has 2 aliphatic rings. The quantitative estimate of drug-likeness (QED) is 0.324. The van der Waals surface area contributed by atoms with E-state index in [1.165, 1.54) is 48.6 Å². The Labute approximate surface area is 213 Å². The third kappa shape index (κ3) is 4.90. The molecule has 3 aromatic carbocycles. The molecule has 4 heteroatoms. The molecular weight excluding hydrogens is 442 g/mol. The minimum Gasteiger partial charge on any atom is -0.309 e. The molecule has 1 saturated carbocycles. The van der Waals surface area contributed by atoms with E-state index >= 15 is 0 Å². The first-order valence-corrected chi connectivity index (χ1v) is 13.5. The summed E-state index contributed by atoms with van der Waals surface area (Å²) in [5.41, 5.74) is 6.47. The van der Waals surface area contributed by atoms with Gasteiger partial charge in [-0.05, 0) is 53.5 Å². The Morgan fingerprint density at radius 2 is 1.67 bits per heavy atom. The lowest BCUT2D eigenvalue weighted by Gasteiger charge is -2.23. The van der Waals surface area contributed by atoms with Crippen molar-refractivity contribution in [3.63, 3.8) is 0 Å². The Bertz CT molecular complexity index is 1400. The summed E-state index contributed by atoms with van der Waals surface area (Å²) >= 11 is 0. The molecule has 182 valence electrons. The van der Waals surface area contributed by atoms with Crippen LogP contribution >= 0.6 is 0 Å². The topological polar surface area (TPSA) is 54.9 Å². The van der Waals surface area contributed by atoms with Gasteiger partial charge in [-0.15, -0.1) is 0 Å². The highest BCUT2D eigenvalue weighted by Gasteiger charge is 2.23. The number of nitrogens with one attached hydrogen (secondary N) is 1. The maximum atomic E-state index is 13.2. The van der Waals surface area contributed by atoms with Gasteiger partial charge in [0.1, 0.15) is 0 Å². The van der Waals surface area contributed by atoms with Gasteiger partial charge in [0.25, 0.3) is 0 Å². The van der Waals surface area contributed by atoms with E-state index in [4.69, 9.17) is 9.97 Å². The Morgan fingerprint density at radius 3 is 2.56 bits per heavy atom. The summed E-state index contributed by atoms with van der Waals surface area (Å²) in [6, 6.07) is 23.0. The van der Waals surface area contributed by atoms with E-state index in [0.29, 0.717) is 12.2 Å². The molecule has 1 fully saturated rings. The van der Waals surface area contributed by atoms with Crippen LogP contribution in [0.3, 0.4) is 0 Å². The summed E-state index contributed by atoms with van der Waals surface area (Å²) in [4.78, 5) is 23.3. The first-order chi connectivity index (χ1) is 17.7. The van der Waals surface area contributed by atoms with Gasteiger partial charge in [-0.1, -0.05) is 98.8 Å². The fourth-order valence-electron chi connectivity index (χ4n) is 5.92. The van der Waals surface area contributed by atoms with Crippen molar-refractivity contribution in [1.82, 2.24) is 9.97 Å². The molecule has 6 rings (SSSR count). The fraction of sp³-hybridized carbons (Fsp3) is 0.344. The van der Waals surface area contributed by atoms with Crippen molar-refractivity contribution >= 4 is 22.5 Å². The molecule has 0 unspecified atom stereocenters. The lowest BCUT2D eigenvalue weighted by molar-refractivity contribution is -0.115. The minimum absolute atomic E-state index is 0.0327. The molecule has 1 amide bonds. The number of carbonyl (C=O) groups excluding carboxylic acids is 1. The van der Waals surface area contributed by atoms with E-state index in [9.17, 15) is 4.79 Å². The zero-order chi connectivity index (χ0) is 24.3. The third-order valence-electron chi connectivity index (χ3n) is 7.89. The Morgan fingerprint density at radius 1 is 0.861 bits per heavy atom. The second-order valence-corrected chi connectivity index (χ2v) is 10.4. The van der Waals surface area contributed by atoms with Gasteiger partial charge in [0.05, 0.1) is 23.5 Å². The lowest BCUT2D eigenvalue weighted by Crippen LogP contribution is -2.20. The van der Waals surface area contributed by atoms with E-state index in [0.717, 1.165) is 59.6 Å². The molecule has 0 bridgehead atoms. The zero-order valence-electron chi connectivity index (χ0n) is 20.8. The van der Waals surface area contributed by atoms with Crippen LogP contribution in [0.1, 0.15) is 61.0 Å². The fourth-order valence-corrected chi connectivity index (χ4v) is 5.92. The number of hydrogen-bond acceptors (Lipinski definition) is 3. The zero-order valence-corrected chi connectivity index (χ0v) is 20.8. The molecule has 4 nitrogen and oxygen atoms in total. The van der Waals surface area contributed by atoms with Crippen molar-refractivity contribution in [1.29, 1.82) is 0 Å². The lowest BCUT2D eigenvalue weighted by atomic mass is 9.85. The highest BCUT2D eigenvalue weighted by atomic mass is 16.1. The van der Waals surface area contributed by atoms with Crippen LogP contribution in [0.2, 0.25) is 0 Å². The highest BCUT2D eigenvalue weighted by Crippen LogP contribution is 2.34. The molecule has 4 aromatic rings. The Hall–Kier alpha value is -3.53. The molecule has 0 saturated heterocycles. The van der Waals surface area contributed by atoms with Crippen molar-refractivity contribution < 1.29 is 4.79 Å². The molecule has 2 aliphatic carbocycles. The Balaban J connectivity index is 1.27. The molecule has 1 N–H and O–H groups in total. The smallest absolute Gasteiger partial charge is 0.229 e. The first kappa shape index (κ1) is 22.9. The van der Waals surface area contributed by atoms with E-state index in [1.54, 1.807) is 0 Å². The standard InChI is InChI=1S/C32H33N3O/c36-30(21-23-14-16-24-10-4-5-12-26(24)20-23)35-32-29(18-15-22-8-2-1-3-9-22)33-31-27-13-7-6-11-25(27)17-19-28(31)34-32/h4-7,10-14,16,20,22H,1-3,8-9,15,17-19,21H2,(H,34,35,36). The average molecular weight is 476 g/mol. The number of hydrogen-bond donors (Lipinski definition) is 1. The number of fused-ring (bicyclic) bond motifs is 4. The van der Waals surface area contributed by atoms with Gasteiger partial charge >= 0.3 is 0 Å². The summed E-state index contributed by atoms with van der Waals surface area (Å²) < 4.78 is 0. The molecular formula is C32H33N3O. The van der Waals surface area contributed by atoms with E-state index in [-0.39, 0.29) is 5.91 Å². The third-order valence-corrected chi connectivity index (χ3v) is 7.89. The van der Waals surface area contributed by atoms with Crippen molar-refractivity contribution in [3.05, 3.63) is 89.2 Å². The van der Waals surface area contributed by atoms with Crippen molar-refractivity contribution in [2.24, 2.45) is 5.92 Å². The number of anilines is 1. The normalized spacial score (nSPS) is 15.3. The molecule has 0 aliphatic heterocycles. The molecule has 36 heavy (non-hydrogen) atoms. The molecule has 0 atom stereocenters. The molecule has 1 heterocycles. The molecule has 1 aromatic heterocycles. The first-order valence-electron chi connectivity index (χ1n) is 13.5. The van der Waals surface area contributed by atoms with Crippen LogP contribution in [0.15, 0.2) is 66.7 Å². The van der Waals surface area contributed by atoms with Crippen molar-refractivity contribution in [3.8, 4) is 11.3 Å². The van der Waals surface area contributed by atoms with Gasteiger partial charge in [-0.3, -0.25) is 4.79 Å². The number of aromatic nitrogens is 2. The number of aryl methyl sites for hydroxylation is 3. The van der Waals surface area contributed by atoms with Gasteiger partial charge in [0, 0.05) is 5.56 Å². The van der Waals surface area contributed by atoms with Crippen LogP contribution in [-0.2, 0) is 30.5 Å². The minimum atomic E-state index is -0.0327. The average Bonchev–Trinajstić information content (AvgIpc) is 2.92. The SMILES string of the molecule is O=C(Cc1ccc2ccccc2c1)Nc1nc2c(nc1CCC1CCCCC1)-c1ccccc1CC2. The van der Waals surface area contributed by atoms with Crippen molar-refractivity contribution in [2.75, 3.05) is 5.32 Å². The molecule has 0 radical (unpaired) electrons. The monoisotopic (exact) mass is 475 g/mol. The van der Waals surface area contributed by atoms with E-state index in [2.05, 4.69) is 53.8 Å². The Kier molecular flexibility index (Phi) is 6.50. The van der Waals surface area contributed by atoms with Crippen LogP contribution in [0.25, 0.3) is 22.0 Å². The van der Waals surface area contributed by atoms with Crippen LogP contribution in [-0.4, -0.2) is 15.9 Å². The van der Waals surface area contributed by atoms with Gasteiger partial charge in [0.2, 0.25) is 5.91 Å². The number of carbonyl (C=O) groups is 1. The van der Waals surface area contributed by atoms with Crippen LogP contribution in [0, 0.1) is 5.92 Å². The number of benzene rings is 3. The predicted molar refractivity (Wildman–Crippen MR) is 146 cm³/mol. The number of nitrogens with zero attached hydrogens (tertiary/aromatic N) is 2. The van der Waals surface area contributed by atoms with Crippen LogP contribution < -0.4 is 5.32 Å². The number of amides is 1. The van der Waals surface area contributed by atoms with E-state index < -0.39 is 0 Å². The number of rotatable bonds is 6. The van der Waals surface area contributed by atoms with Gasteiger partial charge in [-0.25, -0.2) is 9.97 Å². The highest BCUT2D eigenvalue weighted by molar-refractivity contribution is 5.93. The van der Waals surface area contributed by atoms with Crippen molar-refractivity contribution in [2.45, 2.75) is 64.2 Å². The van der Waals surface area contributed by atoms with Crippen LogP contribution in [0.4, 0.5) is 5.82 Å². The maximum absolute atomic E-state index is 13.2. The van der Waals surface area contributed by atoms with Gasteiger partial charge in [-0.2, -0.15) is 0 Å². The maximum Gasteiger partial charge on any atom is 0.229 e. The summed E-state index contributed by atoms with van der Waals surface area (Å²) in [6.07, 6.45) is 10.8. The summed E-state index contributed by atoms with van der Waals surface area (Å²) in [6.45, 7) is 0. The largest absolute Gasteiger partial charge is 0.309 e. The summed E-state index contributed by atoms with van der Waals surface area (Å²) in [5.74, 6) is 1.38. The summed E-state index contributed by atoms with van der Waals surface area (Å²) in [7, 11) is 0. The second kappa shape index (κ2) is 10.2. The summed E-state index contributed by atoms with van der Waals surface area (Å²) in [5, 5.41) is 5.50. The van der Waals surface area contributed by atoms with Crippen LogP contribution in [0.5, 0.6) is 0 Å². The van der Waals surface area contributed by atoms with E-state index in [1.807, 2.05) is 18.2 Å². The van der Waals surface area contributed by atoms with Gasteiger partial charge in [0.15, 0.2) is 5.82 Å². The predicted octanol–water partition coefficient (Wildman–Crippen LogP) is 7.09.